The molecule has 0 aliphatic carbocycles. The number of rotatable bonds is 4. The molecule has 0 saturated carbocycles. The lowest BCUT2D eigenvalue weighted by atomic mass is 10.1. The highest BCUT2D eigenvalue weighted by atomic mass is 16.5. The number of hydrogen-bond acceptors (Lipinski definition) is 7. The van der Waals surface area contributed by atoms with Crippen LogP contribution in [0, 0.1) is 13.8 Å². The molecule has 0 fully saturated rings. The number of aliphatic hydroxyl groups is 1. The van der Waals surface area contributed by atoms with Gasteiger partial charge in [-0.1, -0.05) is 0 Å². The molecule has 1 aliphatic rings. The minimum absolute atomic E-state index is 0.00162. The van der Waals surface area contributed by atoms with Crippen molar-refractivity contribution >= 4 is 11.8 Å². The Hall–Kier alpha value is -2.41. The number of ether oxygens (including phenoxy) is 1. The standard InChI is InChI=1S/C16H21N5O2/c1-9-4-18-13(10(2)14(9)23-3)7-21-6-11(8-22)12-5-19-16(17)20-15(12)21/h4-5,11,22H,6-8H2,1-3H3,(H2,17,19,20). The summed E-state index contributed by atoms with van der Waals surface area (Å²) in [6, 6.07) is 0. The summed E-state index contributed by atoms with van der Waals surface area (Å²) < 4.78 is 5.47. The molecule has 7 heteroatoms. The predicted molar refractivity (Wildman–Crippen MR) is 87.6 cm³/mol. The molecule has 0 amide bonds. The van der Waals surface area contributed by atoms with Crippen LogP contribution < -0.4 is 15.4 Å². The van der Waals surface area contributed by atoms with Crippen LogP contribution in [-0.2, 0) is 6.54 Å². The Bertz CT molecular complexity index is 735. The first-order chi connectivity index (χ1) is 11.0. The summed E-state index contributed by atoms with van der Waals surface area (Å²) in [5.74, 6) is 1.87. The van der Waals surface area contributed by atoms with Gasteiger partial charge in [-0.05, 0) is 13.8 Å². The monoisotopic (exact) mass is 315 g/mol. The van der Waals surface area contributed by atoms with Crippen LogP contribution in [0.1, 0.15) is 28.3 Å². The van der Waals surface area contributed by atoms with Gasteiger partial charge in [-0.15, -0.1) is 0 Å². The zero-order valence-corrected chi connectivity index (χ0v) is 13.6. The number of hydrogen-bond donors (Lipinski definition) is 2. The van der Waals surface area contributed by atoms with E-state index >= 15 is 0 Å². The summed E-state index contributed by atoms with van der Waals surface area (Å²) in [5, 5.41) is 9.59. The smallest absolute Gasteiger partial charge is 0.221 e. The van der Waals surface area contributed by atoms with E-state index in [4.69, 9.17) is 10.5 Å². The number of nitrogens with two attached hydrogens (primary N) is 1. The lowest BCUT2D eigenvalue weighted by Crippen LogP contribution is -2.24. The Morgan fingerprint density at radius 2 is 2.13 bits per heavy atom. The second-order valence-corrected chi connectivity index (χ2v) is 5.81. The molecule has 0 spiro atoms. The Balaban J connectivity index is 1.95. The van der Waals surface area contributed by atoms with Crippen LogP contribution in [-0.4, -0.2) is 40.3 Å². The van der Waals surface area contributed by atoms with E-state index in [1.165, 1.54) is 0 Å². The maximum Gasteiger partial charge on any atom is 0.221 e. The van der Waals surface area contributed by atoms with Gasteiger partial charge in [-0.2, -0.15) is 4.98 Å². The lowest BCUT2D eigenvalue weighted by molar-refractivity contribution is 0.270. The molecule has 23 heavy (non-hydrogen) atoms. The Kier molecular flexibility index (Phi) is 4.04. The highest BCUT2D eigenvalue weighted by Gasteiger charge is 2.31. The van der Waals surface area contributed by atoms with Gasteiger partial charge >= 0.3 is 0 Å². The third kappa shape index (κ3) is 2.68. The van der Waals surface area contributed by atoms with Crippen LogP contribution >= 0.6 is 0 Å². The molecule has 0 radical (unpaired) electrons. The molecule has 1 aliphatic heterocycles. The summed E-state index contributed by atoms with van der Waals surface area (Å²) in [7, 11) is 1.67. The van der Waals surface area contributed by atoms with Gasteiger partial charge in [-0.3, -0.25) is 4.98 Å². The van der Waals surface area contributed by atoms with Gasteiger partial charge in [0.05, 0.1) is 26.0 Å². The molecule has 1 atom stereocenters. The van der Waals surface area contributed by atoms with Crippen molar-refractivity contribution in [1.29, 1.82) is 0 Å². The first-order valence-corrected chi connectivity index (χ1v) is 7.52. The second kappa shape index (κ2) is 6.00. The highest BCUT2D eigenvalue weighted by Crippen LogP contribution is 2.36. The number of aryl methyl sites for hydroxylation is 1. The summed E-state index contributed by atoms with van der Waals surface area (Å²) in [5.41, 5.74) is 9.60. The molecule has 3 N–H and O–H groups in total. The van der Waals surface area contributed by atoms with Gasteiger partial charge in [-0.25, -0.2) is 4.98 Å². The van der Waals surface area contributed by atoms with Crippen molar-refractivity contribution in [2.45, 2.75) is 26.3 Å². The Labute approximate surface area is 135 Å². The van der Waals surface area contributed by atoms with E-state index in [-0.39, 0.29) is 18.5 Å². The minimum Gasteiger partial charge on any atom is -0.496 e. The molecule has 1 unspecified atom stereocenters. The molecule has 3 rings (SSSR count). The quantitative estimate of drug-likeness (QED) is 0.874. The van der Waals surface area contributed by atoms with Crippen molar-refractivity contribution in [3.63, 3.8) is 0 Å². The van der Waals surface area contributed by atoms with Gasteiger partial charge in [0.25, 0.3) is 0 Å². The maximum absolute atomic E-state index is 9.59. The van der Waals surface area contributed by atoms with E-state index in [0.717, 1.165) is 34.0 Å². The third-order valence-corrected chi connectivity index (χ3v) is 4.31. The number of aromatic nitrogens is 3. The molecular weight excluding hydrogens is 294 g/mol. The number of nitrogens with zero attached hydrogens (tertiary/aromatic N) is 4. The van der Waals surface area contributed by atoms with Crippen LogP contribution in [0.5, 0.6) is 5.75 Å². The molecular formula is C16H21N5O2. The fourth-order valence-corrected chi connectivity index (χ4v) is 3.09. The van der Waals surface area contributed by atoms with Crippen molar-refractivity contribution < 1.29 is 9.84 Å². The van der Waals surface area contributed by atoms with Crippen molar-refractivity contribution in [2.75, 3.05) is 30.9 Å². The normalized spacial score (nSPS) is 16.5. The van der Waals surface area contributed by atoms with E-state index in [1.807, 2.05) is 20.0 Å². The third-order valence-electron chi connectivity index (χ3n) is 4.31. The van der Waals surface area contributed by atoms with Gasteiger partial charge in [0.1, 0.15) is 11.6 Å². The zero-order valence-electron chi connectivity index (χ0n) is 13.6. The summed E-state index contributed by atoms with van der Waals surface area (Å²) in [4.78, 5) is 15.0. The maximum atomic E-state index is 9.59. The van der Waals surface area contributed by atoms with Gasteiger partial charge in [0.2, 0.25) is 5.95 Å². The number of aliphatic hydroxyl groups excluding tert-OH is 1. The summed E-state index contributed by atoms with van der Waals surface area (Å²) in [6.45, 7) is 5.29. The number of fused-ring (bicyclic) bond motifs is 1. The Morgan fingerprint density at radius 1 is 1.35 bits per heavy atom. The second-order valence-electron chi connectivity index (χ2n) is 5.81. The zero-order chi connectivity index (χ0) is 16.6. The largest absolute Gasteiger partial charge is 0.496 e. The Morgan fingerprint density at radius 3 is 2.83 bits per heavy atom. The summed E-state index contributed by atoms with van der Waals surface area (Å²) >= 11 is 0. The molecule has 0 bridgehead atoms. The SMILES string of the molecule is COc1c(C)cnc(CN2CC(CO)c3cnc(N)nc32)c1C. The molecule has 2 aromatic rings. The molecule has 122 valence electrons. The van der Waals surface area contributed by atoms with Gasteiger partial charge in [0, 0.05) is 41.5 Å². The molecule has 7 nitrogen and oxygen atoms in total. The number of methoxy groups -OCH3 is 1. The highest BCUT2D eigenvalue weighted by molar-refractivity contribution is 5.56. The van der Waals surface area contributed by atoms with E-state index < -0.39 is 0 Å². The van der Waals surface area contributed by atoms with Gasteiger partial charge in [0.15, 0.2) is 0 Å². The predicted octanol–water partition coefficient (Wildman–Crippen LogP) is 1.18. The van der Waals surface area contributed by atoms with Crippen LogP contribution in [0.2, 0.25) is 0 Å². The van der Waals surface area contributed by atoms with Crippen LogP contribution in [0.25, 0.3) is 0 Å². The topological polar surface area (TPSA) is 97.4 Å². The van der Waals surface area contributed by atoms with E-state index in [2.05, 4.69) is 19.9 Å². The molecule has 3 heterocycles. The first-order valence-electron chi connectivity index (χ1n) is 7.52. The number of anilines is 2. The summed E-state index contributed by atoms with van der Waals surface area (Å²) in [6.07, 6.45) is 3.52. The fraction of sp³-hybridized carbons (Fsp3) is 0.438. The average Bonchev–Trinajstić information content (AvgIpc) is 2.88. The van der Waals surface area contributed by atoms with Crippen molar-refractivity contribution in [3.05, 3.63) is 34.8 Å². The minimum atomic E-state index is -0.00162. The van der Waals surface area contributed by atoms with E-state index in [1.54, 1.807) is 13.3 Å². The first kappa shape index (κ1) is 15.5. The van der Waals surface area contributed by atoms with Gasteiger partial charge < -0.3 is 20.5 Å². The van der Waals surface area contributed by atoms with Crippen molar-refractivity contribution in [3.8, 4) is 5.75 Å². The molecule has 2 aromatic heterocycles. The van der Waals surface area contributed by atoms with E-state index in [9.17, 15) is 5.11 Å². The van der Waals surface area contributed by atoms with Crippen LogP contribution in [0.4, 0.5) is 11.8 Å². The molecule has 0 saturated heterocycles. The lowest BCUT2D eigenvalue weighted by Gasteiger charge is -2.20. The fourth-order valence-electron chi connectivity index (χ4n) is 3.09. The molecule has 0 aromatic carbocycles. The van der Waals surface area contributed by atoms with E-state index in [0.29, 0.717) is 13.1 Å². The van der Waals surface area contributed by atoms with Crippen LogP contribution in [0.15, 0.2) is 12.4 Å². The number of nitrogen functional groups attached to an aromatic ring is 1. The number of pyridine rings is 1. The van der Waals surface area contributed by atoms with Crippen molar-refractivity contribution in [2.24, 2.45) is 0 Å². The van der Waals surface area contributed by atoms with Crippen molar-refractivity contribution in [1.82, 2.24) is 15.0 Å². The van der Waals surface area contributed by atoms with Crippen LogP contribution in [0.3, 0.4) is 0 Å². The average molecular weight is 315 g/mol.